The third kappa shape index (κ3) is 6.30. The van der Waals surface area contributed by atoms with Gasteiger partial charge in [-0.05, 0) is 68.5 Å². The van der Waals surface area contributed by atoms with Crippen LogP contribution in [-0.2, 0) is 10.0 Å². The highest BCUT2D eigenvalue weighted by atomic mass is 32.2. The fourth-order valence-corrected chi connectivity index (χ4v) is 6.11. The smallest absolute Gasteiger partial charge is 0.281 e. The van der Waals surface area contributed by atoms with Gasteiger partial charge in [-0.15, -0.1) is 0 Å². The van der Waals surface area contributed by atoms with Gasteiger partial charge in [0.15, 0.2) is 5.03 Å². The lowest BCUT2D eigenvalue weighted by Crippen LogP contribution is -2.41. The van der Waals surface area contributed by atoms with Crippen LogP contribution in [0.3, 0.4) is 0 Å². The Morgan fingerprint density at radius 2 is 1.92 bits per heavy atom. The highest BCUT2D eigenvalue weighted by molar-refractivity contribution is 7.90. The number of carbonyl (C=O) groups excluding carboxylic acids is 1. The fourth-order valence-electron chi connectivity index (χ4n) is 5.17. The average molecular weight is 552 g/mol. The highest BCUT2D eigenvalue weighted by Crippen LogP contribution is 2.38. The number of carbonyl (C=O) groups is 1. The number of rotatable bonds is 8. The second kappa shape index (κ2) is 10.8. The zero-order chi connectivity index (χ0) is 28.5. The van der Waals surface area contributed by atoms with E-state index in [1.165, 1.54) is 18.2 Å². The van der Waals surface area contributed by atoms with Gasteiger partial charge in [0.2, 0.25) is 0 Å². The van der Waals surface area contributed by atoms with Crippen molar-refractivity contribution in [1.29, 1.82) is 0 Å². The fraction of sp³-hybridized carbons (Fsp3) is 0.429. The molecule has 4 rings (SSSR count). The third-order valence-electron chi connectivity index (χ3n) is 6.77. The van der Waals surface area contributed by atoms with E-state index in [9.17, 15) is 13.2 Å². The molecule has 1 unspecified atom stereocenters. The molecule has 0 aliphatic carbocycles. The quantitative estimate of drug-likeness (QED) is 0.427. The molecule has 0 radical (unpaired) electrons. The molecule has 208 valence electrons. The first-order chi connectivity index (χ1) is 18.3. The van der Waals surface area contributed by atoms with Crippen molar-refractivity contribution >= 4 is 33.4 Å². The van der Waals surface area contributed by atoms with Crippen LogP contribution in [0.2, 0.25) is 0 Å². The zero-order valence-corrected chi connectivity index (χ0v) is 24.2. The van der Waals surface area contributed by atoms with E-state index in [1.807, 2.05) is 19.2 Å². The first-order valence-corrected chi connectivity index (χ1v) is 14.5. The summed E-state index contributed by atoms with van der Waals surface area (Å²) in [6.07, 6.45) is 2.68. The maximum absolute atomic E-state index is 13.4. The lowest BCUT2D eigenvalue weighted by atomic mass is 9.97. The van der Waals surface area contributed by atoms with E-state index < -0.39 is 15.9 Å². The SMILES string of the molecule is CC(C)CN(C)c1ccc(-c2ccc(C(=O)NS(=O)(=O)c3cccc(N)n3)c(N3CC(C)CC3(C)C)n2)cn1. The van der Waals surface area contributed by atoms with E-state index in [2.05, 4.69) is 59.1 Å². The van der Waals surface area contributed by atoms with Gasteiger partial charge in [-0.3, -0.25) is 4.79 Å². The molecule has 0 saturated carbocycles. The molecule has 1 fully saturated rings. The van der Waals surface area contributed by atoms with E-state index in [-0.39, 0.29) is 21.9 Å². The molecule has 1 saturated heterocycles. The normalized spacial score (nSPS) is 16.9. The Morgan fingerprint density at radius 1 is 1.18 bits per heavy atom. The van der Waals surface area contributed by atoms with Gasteiger partial charge in [0, 0.05) is 37.4 Å². The lowest BCUT2D eigenvalue weighted by Gasteiger charge is -2.34. The summed E-state index contributed by atoms with van der Waals surface area (Å²) in [4.78, 5) is 31.0. The molecule has 1 aliphatic rings. The van der Waals surface area contributed by atoms with Crippen molar-refractivity contribution < 1.29 is 13.2 Å². The molecule has 1 amide bonds. The van der Waals surface area contributed by atoms with Crippen LogP contribution in [0.25, 0.3) is 11.3 Å². The van der Waals surface area contributed by atoms with Gasteiger partial charge in [0.25, 0.3) is 15.9 Å². The van der Waals surface area contributed by atoms with E-state index in [0.29, 0.717) is 29.9 Å². The lowest BCUT2D eigenvalue weighted by molar-refractivity contribution is 0.0981. The van der Waals surface area contributed by atoms with Gasteiger partial charge >= 0.3 is 0 Å². The van der Waals surface area contributed by atoms with Crippen LogP contribution < -0.4 is 20.3 Å². The Labute approximate surface area is 230 Å². The van der Waals surface area contributed by atoms with Gasteiger partial charge < -0.3 is 15.5 Å². The number of hydrogen-bond donors (Lipinski definition) is 2. The highest BCUT2D eigenvalue weighted by Gasteiger charge is 2.39. The summed E-state index contributed by atoms with van der Waals surface area (Å²) >= 11 is 0. The summed E-state index contributed by atoms with van der Waals surface area (Å²) in [5.74, 6) is 1.42. The summed E-state index contributed by atoms with van der Waals surface area (Å²) in [7, 11) is -2.24. The van der Waals surface area contributed by atoms with Crippen LogP contribution >= 0.6 is 0 Å². The number of nitrogens with zero attached hydrogens (tertiary/aromatic N) is 5. The number of amides is 1. The molecule has 4 heterocycles. The molecule has 10 nitrogen and oxygen atoms in total. The number of aromatic nitrogens is 3. The number of nitrogen functional groups attached to an aromatic ring is 1. The molecular formula is C28H37N7O3S. The molecule has 11 heteroatoms. The number of pyridine rings is 3. The van der Waals surface area contributed by atoms with Crippen LogP contribution in [0.5, 0.6) is 0 Å². The van der Waals surface area contributed by atoms with Crippen molar-refractivity contribution in [3.63, 3.8) is 0 Å². The topological polar surface area (TPSA) is 134 Å². The Morgan fingerprint density at radius 3 is 2.51 bits per heavy atom. The van der Waals surface area contributed by atoms with Crippen molar-refractivity contribution in [2.45, 2.75) is 51.6 Å². The maximum Gasteiger partial charge on any atom is 0.281 e. The molecule has 3 aromatic rings. The first-order valence-electron chi connectivity index (χ1n) is 13.0. The van der Waals surface area contributed by atoms with Crippen LogP contribution in [0.4, 0.5) is 17.5 Å². The molecular weight excluding hydrogens is 514 g/mol. The zero-order valence-electron chi connectivity index (χ0n) is 23.3. The molecule has 1 aliphatic heterocycles. The number of nitrogens with one attached hydrogen (secondary N) is 1. The predicted molar refractivity (Wildman–Crippen MR) is 154 cm³/mol. The van der Waals surface area contributed by atoms with E-state index in [0.717, 1.165) is 24.3 Å². The van der Waals surface area contributed by atoms with Gasteiger partial charge in [-0.2, -0.15) is 8.42 Å². The van der Waals surface area contributed by atoms with Gasteiger partial charge in [-0.1, -0.05) is 26.8 Å². The van der Waals surface area contributed by atoms with E-state index >= 15 is 0 Å². The molecule has 1 atom stereocenters. The summed E-state index contributed by atoms with van der Waals surface area (Å²) < 4.78 is 28.0. The molecule has 3 N–H and O–H groups in total. The monoisotopic (exact) mass is 551 g/mol. The standard InChI is InChI=1S/C28H37N7O3S/c1-18(2)16-34(6)24-13-10-20(15-30-24)22-12-11-21(26(31-22)35-17-19(3)14-28(35,4)5)27(36)33-39(37,38)25-9-7-8-23(29)32-25/h7-13,15,18-19H,14,16-17H2,1-6H3,(H2,29,32)(H,33,36). The average Bonchev–Trinajstić information content (AvgIpc) is 3.14. The summed E-state index contributed by atoms with van der Waals surface area (Å²) in [6.45, 7) is 12.2. The number of hydrogen-bond acceptors (Lipinski definition) is 9. The predicted octanol–water partition coefficient (Wildman–Crippen LogP) is 3.96. The Hall–Kier alpha value is -3.73. The second-order valence-corrected chi connectivity index (χ2v) is 12.9. The molecule has 3 aromatic heterocycles. The van der Waals surface area contributed by atoms with Crippen molar-refractivity contribution in [3.05, 3.63) is 54.2 Å². The molecule has 0 bridgehead atoms. The summed E-state index contributed by atoms with van der Waals surface area (Å²) in [5, 5.41) is -0.328. The largest absolute Gasteiger partial charge is 0.384 e. The van der Waals surface area contributed by atoms with Crippen molar-refractivity contribution in [3.8, 4) is 11.3 Å². The second-order valence-electron chi connectivity index (χ2n) is 11.3. The first kappa shape index (κ1) is 28.3. The summed E-state index contributed by atoms with van der Waals surface area (Å²) in [6, 6.07) is 11.5. The van der Waals surface area contributed by atoms with Crippen LogP contribution in [-0.4, -0.2) is 55.0 Å². The molecule has 0 spiro atoms. The minimum absolute atomic E-state index is 0.0415. The molecule has 0 aromatic carbocycles. The van der Waals surface area contributed by atoms with E-state index in [4.69, 9.17) is 10.7 Å². The van der Waals surface area contributed by atoms with Crippen LogP contribution in [0.15, 0.2) is 53.7 Å². The molecule has 39 heavy (non-hydrogen) atoms. The number of anilines is 3. The summed E-state index contributed by atoms with van der Waals surface area (Å²) in [5.41, 5.74) is 6.97. The third-order valence-corrected chi connectivity index (χ3v) is 8.00. The number of nitrogens with two attached hydrogens (primary N) is 1. The van der Waals surface area contributed by atoms with Crippen LogP contribution in [0, 0.1) is 11.8 Å². The Balaban J connectivity index is 1.71. The van der Waals surface area contributed by atoms with Crippen molar-refractivity contribution in [1.82, 2.24) is 19.7 Å². The number of sulfonamides is 1. The Kier molecular flexibility index (Phi) is 7.83. The van der Waals surface area contributed by atoms with E-state index in [1.54, 1.807) is 18.3 Å². The van der Waals surface area contributed by atoms with Gasteiger partial charge in [-0.25, -0.2) is 19.7 Å². The maximum atomic E-state index is 13.4. The van der Waals surface area contributed by atoms with Gasteiger partial charge in [0.1, 0.15) is 17.5 Å². The Bertz CT molecular complexity index is 1460. The van der Waals surface area contributed by atoms with Crippen molar-refractivity contribution in [2.75, 3.05) is 35.7 Å². The van der Waals surface area contributed by atoms with Crippen LogP contribution in [0.1, 0.15) is 51.4 Å². The van der Waals surface area contributed by atoms with Gasteiger partial charge in [0.05, 0.1) is 11.3 Å². The minimum Gasteiger partial charge on any atom is -0.384 e. The van der Waals surface area contributed by atoms with Crippen molar-refractivity contribution in [2.24, 2.45) is 11.8 Å². The minimum atomic E-state index is -4.25.